The van der Waals surface area contributed by atoms with E-state index in [2.05, 4.69) is 36.9 Å². The summed E-state index contributed by atoms with van der Waals surface area (Å²) in [6.45, 7) is 5.86. The first-order valence-electron chi connectivity index (χ1n) is 7.76. The van der Waals surface area contributed by atoms with Gasteiger partial charge in [0.05, 0.1) is 11.7 Å². The smallest absolute Gasteiger partial charge is 0.278 e. The molecule has 8 heteroatoms. The zero-order valence-corrected chi connectivity index (χ0v) is 16.1. The number of halogens is 2. The van der Waals surface area contributed by atoms with Gasteiger partial charge < -0.3 is 10.6 Å². The minimum absolute atomic E-state index is 0. The number of rotatable bonds is 3. The molecule has 0 saturated carbocycles. The zero-order valence-electron chi connectivity index (χ0n) is 13.7. The van der Waals surface area contributed by atoms with Crippen LogP contribution in [0, 0.1) is 13.8 Å². The minimum Gasteiger partial charge on any atom is -0.320 e. The summed E-state index contributed by atoms with van der Waals surface area (Å²) in [5.74, 6) is -0.224. The van der Waals surface area contributed by atoms with Crippen molar-refractivity contribution in [3.8, 4) is 0 Å². The molecule has 0 aliphatic carbocycles. The number of anilines is 1. The van der Waals surface area contributed by atoms with E-state index in [0.29, 0.717) is 11.7 Å². The number of aryl methyl sites for hydroxylation is 1. The maximum absolute atomic E-state index is 12.5. The number of nitrogens with zero attached hydrogens (tertiary/aromatic N) is 3. The molecule has 2 N–H and O–H groups in total. The Bertz CT molecular complexity index is 727. The molecule has 1 amide bonds. The summed E-state index contributed by atoms with van der Waals surface area (Å²) in [4.78, 5) is 12.5. The number of amides is 1. The fourth-order valence-corrected chi connectivity index (χ4v) is 3.19. The molecule has 6 nitrogen and oxygen atoms in total. The Balaban J connectivity index is 0.00000208. The van der Waals surface area contributed by atoms with Crippen LogP contribution < -0.4 is 10.6 Å². The molecule has 1 saturated heterocycles. The highest BCUT2D eigenvalue weighted by molar-refractivity contribution is 9.10. The van der Waals surface area contributed by atoms with Crippen molar-refractivity contribution in [3.05, 3.63) is 39.6 Å². The number of benzene rings is 1. The van der Waals surface area contributed by atoms with Crippen molar-refractivity contribution in [2.24, 2.45) is 0 Å². The van der Waals surface area contributed by atoms with Crippen molar-refractivity contribution in [1.82, 2.24) is 20.3 Å². The topological polar surface area (TPSA) is 71.8 Å². The Kier molecular flexibility index (Phi) is 6.37. The predicted molar refractivity (Wildman–Crippen MR) is 100.0 cm³/mol. The van der Waals surface area contributed by atoms with Crippen LogP contribution >= 0.6 is 28.3 Å². The molecule has 1 aromatic carbocycles. The van der Waals surface area contributed by atoms with Gasteiger partial charge in [0.25, 0.3) is 5.91 Å². The highest BCUT2D eigenvalue weighted by Gasteiger charge is 2.22. The van der Waals surface area contributed by atoms with Crippen LogP contribution in [0.5, 0.6) is 0 Å². The Morgan fingerprint density at radius 1 is 1.33 bits per heavy atom. The van der Waals surface area contributed by atoms with Crippen molar-refractivity contribution in [2.45, 2.75) is 32.7 Å². The quantitative estimate of drug-likeness (QED) is 0.808. The molecular weight excluding hydrogens is 394 g/mol. The Hall–Kier alpha value is -1.44. The molecule has 2 aromatic rings. The van der Waals surface area contributed by atoms with Gasteiger partial charge in [-0.25, -0.2) is 4.68 Å². The van der Waals surface area contributed by atoms with Gasteiger partial charge >= 0.3 is 0 Å². The summed E-state index contributed by atoms with van der Waals surface area (Å²) in [6.07, 6.45) is 2.02. The van der Waals surface area contributed by atoms with Crippen LogP contribution in [0.4, 0.5) is 5.69 Å². The second-order valence-corrected chi connectivity index (χ2v) is 6.72. The fraction of sp³-hybridized carbons (Fsp3) is 0.438. The summed E-state index contributed by atoms with van der Waals surface area (Å²) < 4.78 is 2.85. The summed E-state index contributed by atoms with van der Waals surface area (Å²) in [7, 11) is 0. The third-order valence-corrected chi connectivity index (χ3v) is 5.08. The number of piperidine rings is 1. The van der Waals surface area contributed by atoms with E-state index in [1.165, 1.54) is 0 Å². The number of nitrogens with one attached hydrogen (secondary N) is 2. The maximum atomic E-state index is 12.5. The lowest BCUT2D eigenvalue weighted by Gasteiger charge is -2.23. The van der Waals surface area contributed by atoms with Gasteiger partial charge in [0.15, 0.2) is 5.69 Å². The standard InChI is InChI=1S/C16H20BrN5O.ClH/c1-10-3-4-12(9-14(10)17)19-16(23)15-11(2)22(21-20-15)13-5-7-18-8-6-13;/h3-4,9,13,18H,5-8H2,1-2H3,(H,19,23);1H. The molecule has 0 radical (unpaired) electrons. The van der Waals surface area contributed by atoms with E-state index < -0.39 is 0 Å². The van der Waals surface area contributed by atoms with Gasteiger partial charge in [0.1, 0.15) is 0 Å². The highest BCUT2D eigenvalue weighted by atomic mass is 79.9. The van der Waals surface area contributed by atoms with Crippen LogP contribution in [0.15, 0.2) is 22.7 Å². The van der Waals surface area contributed by atoms with E-state index in [0.717, 1.165) is 47.3 Å². The van der Waals surface area contributed by atoms with Crippen molar-refractivity contribution < 1.29 is 4.79 Å². The van der Waals surface area contributed by atoms with Gasteiger partial charge in [-0.05, 0) is 57.5 Å². The average molecular weight is 415 g/mol. The third kappa shape index (κ3) is 3.96. The lowest BCUT2D eigenvalue weighted by atomic mass is 10.1. The van der Waals surface area contributed by atoms with E-state index in [-0.39, 0.29) is 18.3 Å². The summed E-state index contributed by atoms with van der Waals surface area (Å²) in [5.41, 5.74) is 3.07. The molecule has 0 unspecified atom stereocenters. The lowest BCUT2D eigenvalue weighted by molar-refractivity contribution is 0.102. The Morgan fingerprint density at radius 2 is 2.04 bits per heavy atom. The van der Waals surface area contributed by atoms with Crippen LogP contribution in [-0.2, 0) is 0 Å². The molecule has 3 rings (SSSR count). The van der Waals surface area contributed by atoms with Crippen molar-refractivity contribution in [1.29, 1.82) is 0 Å². The van der Waals surface area contributed by atoms with E-state index >= 15 is 0 Å². The molecular formula is C16H21BrClN5O. The first-order chi connectivity index (χ1) is 11.1. The molecule has 130 valence electrons. The van der Waals surface area contributed by atoms with Crippen LogP contribution in [0.25, 0.3) is 0 Å². The van der Waals surface area contributed by atoms with Gasteiger partial charge in [-0.2, -0.15) is 0 Å². The van der Waals surface area contributed by atoms with Crippen LogP contribution in [-0.4, -0.2) is 34.0 Å². The van der Waals surface area contributed by atoms with E-state index in [1.807, 2.05) is 36.7 Å². The first-order valence-corrected chi connectivity index (χ1v) is 8.55. The highest BCUT2D eigenvalue weighted by Crippen LogP contribution is 2.23. The van der Waals surface area contributed by atoms with Gasteiger partial charge in [0, 0.05) is 10.2 Å². The molecule has 24 heavy (non-hydrogen) atoms. The third-order valence-electron chi connectivity index (χ3n) is 4.23. The molecule has 0 atom stereocenters. The zero-order chi connectivity index (χ0) is 16.4. The molecule has 0 bridgehead atoms. The Labute approximate surface area is 155 Å². The largest absolute Gasteiger partial charge is 0.320 e. The number of aromatic nitrogens is 3. The monoisotopic (exact) mass is 413 g/mol. The molecule has 0 spiro atoms. The second-order valence-electron chi connectivity index (χ2n) is 5.87. The number of carbonyl (C=O) groups is 1. The predicted octanol–water partition coefficient (Wildman–Crippen LogP) is 3.26. The molecule has 1 aromatic heterocycles. The van der Waals surface area contributed by atoms with Crippen LogP contribution in [0.1, 0.15) is 40.6 Å². The van der Waals surface area contributed by atoms with Crippen LogP contribution in [0.3, 0.4) is 0 Å². The van der Waals surface area contributed by atoms with E-state index in [4.69, 9.17) is 0 Å². The first kappa shape index (κ1) is 18.9. The van der Waals surface area contributed by atoms with Gasteiger partial charge in [-0.3, -0.25) is 4.79 Å². The SMILES string of the molecule is Cc1ccc(NC(=O)c2nnn(C3CCNCC3)c2C)cc1Br.Cl. The summed E-state index contributed by atoms with van der Waals surface area (Å²) >= 11 is 3.47. The van der Waals surface area contributed by atoms with E-state index in [1.54, 1.807) is 0 Å². The van der Waals surface area contributed by atoms with E-state index in [9.17, 15) is 4.79 Å². The van der Waals surface area contributed by atoms with Gasteiger partial charge in [-0.15, -0.1) is 17.5 Å². The molecule has 1 aliphatic rings. The van der Waals surface area contributed by atoms with Gasteiger partial charge in [0.2, 0.25) is 0 Å². The summed E-state index contributed by atoms with van der Waals surface area (Å²) in [5, 5.41) is 14.5. The maximum Gasteiger partial charge on any atom is 0.278 e. The van der Waals surface area contributed by atoms with Crippen molar-refractivity contribution >= 4 is 39.9 Å². The minimum atomic E-state index is -0.224. The average Bonchev–Trinajstić information content (AvgIpc) is 2.93. The number of hydrogen-bond donors (Lipinski definition) is 2. The second kappa shape index (κ2) is 8.09. The van der Waals surface area contributed by atoms with Crippen molar-refractivity contribution in [2.75, 3.05) is 18.4 Å². The number of carbonyl (C=O) groups excluding carboxylic acids is 1. The van der Waals surface area contributed by atoms with Gasteiger partial charge in [-0.1, -0.05) is 27.2 Å². The Morgan fingerprint density at radius 3 is 2.71 bits per heavy atom. The fourth-order valence-electron chi connectivity index (χ4n) is 2.81. The normalized spacial score (nSPS) is 15.0. The summed E-state index contributed by atoms with van der Waals surface area (Å²) in [6, 6.07) is 6.04. The van der Waals surface area contributed by atoms with Crippen LogP contribution in [0.2, 0.25) is 0 Å². The lowest BCUT2D eigenvalue weighted by Crippen LogP contribution is -2.30. The molecule has 1 aliphatic heterocycles. The molecule has 1 fully saturated rings. The van der Waals surface area contributed by atoms with Crippen molar-refractivity contribution in [3.63, 3.8) is 0 Å². The number of hydrogen-bond acceptors (Lipinski definition) is 4. The molecule has 2 heterocycles.